The highest BCUT2D eigenvalue weighted by molar-refractivity contribution is 7.99. The third kappa shape index (κ3) is 2.38. The van der Waals surface area contributed by atoms with Crippen LogP contribution >= 0.6 is 11.8 Å². The van der Waals surface area contributed by atoms with E-state index < -0.39 is 0 Å². The standard InChI is InChI=1S/C9H20N2S/c1-8(12-4)11-6-5-9(7-11)10(2)3/h8-9H,5-7H2,1-4H3/t8?,9-/m0/s1. The van der Waals surface area contributed by atoms with E-state index in [1.54, 1.807) is 0 Å². The third-order valence-corrected chi connectivity index (χ3v) is 3.76. The highest BCUT2D eigenvalue weighted by Crippen LogP contribution is 2.20. The average molecular weight is 188 g/mol. The molecule has 1 aliphatic heterocycles. The summed E-state index contributed by atoms with van der Waals surface area (Å²) >= 11 is 1.94. The Bertz CT molecular complexity index is 138. The van der Waals surface area contributed by atoms with Crippen molar-refractivity contribution in [3.63, 3.8) is 0 Å². The molecule has 12 heavy (non-hydrogen) atoms. The van der Waals surface area contributed by atoms with Crippen molar-refractivity contribution in [1.82, 2.24) is 9.80 Å². The first-order valence-corrected chi connectivity index (χ1v) is 5.87. The van der Waals surface area contributed by atoms with Crippen LogP contribution in [0.5, 0.6) is 0 Å². The maximum Gasteiger partial charge on any atom is 0.0526 e. The highest BCUT2D eigenvalue weighted by Gasteiger charge is 2.26. The van der Waals surface area contributed by atoms with Gasteiger partial charge in [0.25, 0.3) is 0 Å². The predicted molar refractivity (Wildman–Crippen MR) is 56.6 cm³/mol. The quantitative estimate of drug-likeness (QED) is 0.660. The molecule has 1 fully saturated rings. The molecule has 0 spiro atoms. The molecule has 0 saturated carbocycles. The fraction of sp³-hybridized carbons (Fsp3) is 1.00. The molecule has 0 radical (unpaired) electrons. The second-order valence-electron chi connectivity index (χ2n) is 3.74. The average Bonchev–Trinajstić information content (AvgIpc) is 2.51. The summed E-state index contributed by atoms with van der Waals surface area (Å²) in [6.45, 7) is 4.81. The summed E-state index contributed by atoms with van der Waals surface area (Å²) in [5.41, 5.74) is 0. The van der Waals surface area contributed by atoms with Crippen molar-refractivity contribution in [3.05, 3.63) is 0 Å². The minimum absolute atomic E-state index is 0.690. The van der Waals surface area contributed by atoms with Crippen molar-refractivity contribution < 1.29 is 0 Å². The normalized spacial score (nSPS) is 28.2. The maximum absolute atomic E-state index is 2.56. The van der Waals surface area contributed by atoms with E-state index in [-0.39, 0.29) is 0 Å². The number of likely N-dealkylation sites (N-methyl/N-ethyl adjacent to an activating group) is 1. The lowest BCUT2D eigenvalue weighted by Gasteiger charge is -2.24. The van der Waals surface area contributed by atoms with Crippen molar-refractivity contribution in [1.29, 1.82) is 0 Å². The van der Waals surface area contributed by atoms with Gasteiger partial charge in [-0.05, 0) is 33.7 Å². The molecule has 0 aromatic heterocycles. The summed E-state index contributed by atoms with van der Waals surface area (Å²) < 4.78 is 0. The molecule has 2 atom stereocenters. The number of hydrogen-bond donors (Lipinski definition) is 0. The van der Waals surface area contributed by atoms with Gasteiger partial charge in [0.05, 0.1) is 5.37 Å². The number of nitrogens with zero attached hydrogens (tertiary/aromatic N) is 2. The summed E-state index contributed by atoms with van der Waals surface area (Å²) in [4.78, 5) is 4.91. The van der Waals surface area contributed by atoms with Gasteiger partial charge in [0, 0.05) is 19.1 Å². The summed E-state index contributed by atoms with van der Waals surface area (Å²) in [5.74, 6) is 0. The largest absolute Gasteiger partial charge is 0.305 e. The number of hydrogen-bond acceptors (Lipinski definition) is 3. The molecule has 1 rings (SSSR count). The summed E-state index contributed by atoms with van der Waals surface area (Å²) in [5, 5.41) is 0.690. The van der Waals surface area contributed by atoms with E-state index in [0.29, 0.717) is 5.37 Å². The van der Waals surface area contributed by atoms with Crippen molar-refractivity contribution in [2.45, 2.75) is 24.8 Å². The Kier molecular flexibility index (Phi) is 3.87. The van der Waals surface area contributed by atoms with Crippen LogP contribution in [0, 0.1) is 0 Å². The second kappa shape index (κ2) is 4.49. The summed E-state index contributed by atoms with van der Waals surface area (Å²) in [6, 6.07) is 0.777. The molecule has 1 saturated heterocycles. The lowest BCUT2D eigenvalue weighted by molar-refractivity contribution is 0.265. The van der Waals surface area contributed by atoms with Crippen LogP contribution in [0.3, 0.4) is 0 Å². The van der Waals surface area contributed by atoms with Crippen LogP contribution in [0.25, 0.3) is 0 Å². The Morgan fingerprint density at radius 2 is 2.17 bits per heavy atom. The van der Waals surface area contributed by atoms with Crippen LogP contribution in [-0.4, -0.2) is 54.7 Å². The number of likely N-dealkylation sites (tertiary alicyclic amines) is 1. The molecular formula is C9H20N2S. The van der Waals surface area contributed by atoms with Crippen molar-refractivity contribution in [3.8, 4) is 0 Å². The molecule has 0 N–H and O–H groups in total. The Morgan fingerprint density at radius 3 is 2.58 bits per heavy atom. The first-order chi connectivity index (χ1) is 5.65. The minimum Gasteiger partial charge on any atom is -0.305 e. The van der Waals surface area contributed by atoms with E-state index >= 15 is 0 Å². The van der Waals surface area contributed by atoms with E-state index in [0.717, 1.165) is 6.04 Å². The van der Waals surface area contributed by atoms with Gasteiger partial charge >= 0.3 is 0 Å². The molecule has 1 heterocycles. The molecule has 3 heteroatoms. The van der Waals surface area contributed by atoms with Crippen LogP contribution in [0.15, 0.2) is 0 Å². The second-order valence-corrected chi connectivity index (χ2v) is 4.89. The molecule has 1 aliphatic rings. The van der Waals surface area contributed by atoms with Crippen LogP contribution < -0.4 is 0 Å². The van der Waals surface area contributed by atoms with Gasteiger partial charge < -0.3 is 4.90 Å². The number of rotatable bonds is 3. The van der Waals surface area contributed by atoms with Gasteiger partial charge in [0.15, 0.2) is 0 Å². The zero-order valence-electron chi connectivity index (χ0n) is 8.58. The maximum atomic E-state index is 2.56. The topological polar surface area (TPSA) is 6.48 Å². The molecule has 0 amide bonds. The molecule has 0 aromatic carbocycles. The fourth-order valence-electron chi connectivity index (χ4n) is 1.67. The highest BCUT2D eigenvalue weighted by atomic mass is 32.2. The SMILES string of the molecule is CSC(C)N1CC[C@H](N(C)C)C1. The minimum atomic E-state index is 0.690. The first kappa shape index (κ1) is 10.4. The molecule has 1 unspecified atom stereocenters. The Labute approximate surface area is 80.3 Å². The van der Waals surface area contributed by atoms with Crippen molar-refractivity contribution >= 4 is 11.8 Å². The zero-order valence-corrected chi connectivity index (χ0v) is 9.40. The predicted octanol–water partition coefficient (Wildman–Crippen LogP) is 1.33. The first-order valence-electron chi connectivity index (χ1n) is 4.58. The van der Waals surface area contributed by atoms with Gasteiger partial charge in [-0.25, -0.2) is 0 Å². The summed E-state index contributed by atoms with van der Waals surface area (Å²) in [6.07, 6.45) is 3.52. The monoisotopic (exact) mass is 188 g/mol. The smallest absolute Gasteiger partial charge is 0.0526 e. The lowest BCUT2D eigenvalue weighted by atomic mass is 10.2. The molecule has 72 valence electrons. The van der Waals surface area contributed by atoms with Gasteiger partial charge in [0.1, 0.15) is 0 Å². The van der Waals surface area contributed by atoms with E-state index in [4.69, 9.17) is 0 Å². The molecule has 0 aromatic rings. The molecule has 2 nitrogen and oxygen atoms in total. The Balaban J connectivity index is 2.35. The van der Waals surface area contributed by atoms with Gasteiger partial charge in [-0.3, -0.25) is 4.90 Å². The van der Waals surface area contributed by atoms with Crippen LogP contribution in [0.4, 0.5) is 0 Å². The zero-order chi connectivity index (χ0) is 9.14. The van der Waals surface area contributed by atoms with Gasteiger partial charge in [-0.15, -0.1) is 11.8 Å². The molecule has 0 bridgehead atoms. The lowest BCUT2D eigenvalue weighted by Crippen LogP contribution is -2.34. The van der Waals surface area contributed by atoms with E-state index in [2.05, 4.69) is 37.1 Å². The van der Waals surface area contributed by atoms with E-state index in [1.165, 1.54) is 19.5 Å². The molecular weight excluding hydrogens is 168 g/mol. The van der Waals surface area contributed by atoms with E-state index in [1.807, 2.05) is 11.8 Å². The van der Waals surface area contributed by atoms with Crippen LogP contribution in [0.2, 0.25) is 0 Å². The summed E-state index contributed by atoms with van der Waals surface area (Å²) in [7, 11) is 4.36. The van der Waals surface area contributed by atoms with Crippen LogP contribution in [0.1, 0.15) is 13.3 Å². The third-order valence-electron chi connectivity index (χ3n) is 2.78. The van der Waals surface area contributed by atoms with Gasteiger partial charge in [-0.1, -0.05) is 0 Å². The van der Waals surface area contributed by atoms with E-state index in [9.17, 15) is 0 Å². The van der Waals surface area contributed by atoms with Crippen molar-refractivity contribution in [2.75, 3.05) is 33.4 Å². The Hall–Kier alpha value is 0.270. The Morgan fingerprint density at radius 1 is 1.50 bits per heavy atom. The van der Waals surface area contributed by atoms with Crippen LogP contribution in [-0.2, 0) is 0 Å². The fourth-order valence-corrected chi connectivity index (χ4v) is 2.16. The van der Waals surface area contributed by atoms with Gasteiger partial charge in [-0.2, -0.15) is 0 Å². The van der Waals surface area contributed by atoms with Crippen molar-refractivity contribution in [2.24, 2.45) is 0 Å². The van der Waals surface area contributed by atoms with Gasteiger partial charge in [0.2, 0.25) is 0 Å². The number of thioether (sulfide) groups is 1. The molecule has 0 aliphatic carbocycles.